The number of rotatable bonds is 1. The molecule has 0 bridgehead atoms. The van der Waals surface area contributed by atoms with Crippen LogP contribution in [0.25, 0.3) is 0 Å². The summed E-state index contributed by atoms with van der Waals surface area (Å²) >= 11 is 0. The molecule has 4 nitrogen and oxygen atoms in total. The number of fused-ring (bicyclic) bond motifs is 1. The van der Waals surface area contributed by atoms with Crippen molar-refractivity contribution in [2.24, 2.45) is 0 Å². The Morgan fingerprint density at radius 1 is 1.12 bits per heavy atom. The Balaban J connectivity index is 2.07. The predicted octanol–water partition coefficient (Wildman–Crippen LogP) is 2.02. The van der Waals surface area contributed by atoms with Crippen molar-refractivity contribution in [3.05, 3.63) is 42.9 Å². The van der Waals surface area contributed by atoms with Crippen LogP contribution in [0, 0.1) is 0 Å². The molecule has 0 N–H and O–H groups in total. The van der Waals surface area contributed by atoms with Crippen LogP contribution in [-0.2, 0) is 0 Å². The van der Waals surface area contributed by atoms with Crippen LogP contribution in [0.5, 0.6) is 0 Å². The van der Waals surface area contributed by atoms with Gasteiger partial charge in [-0.05, 0) is 12.1 Å². The quantitative estimate of drug-likeness (QED) is 0.724. The lowest BCUT2D eigenvalue weighted by atomic mass is 10.2. The molecule has 0 radical (unpaired) electrons. The number of hydrogen-bond acceptors (Lipinski definition) is 4. The van der Waals surface area contributed by atoms with E-state index < -0.39 is 0 Å². The average Bonchev–Trinajstić information content (AvgIpc) is 2.69. The number of benzene rings is 1. The Bertz CT molecular complexity index is 497. The van der Waals surface area contributed by atoms with E-state index in [1.54, 1.807) is 18.6 Å². The van der Waals surface area contributed by atoms with Crippen molar-refractivity contribution in [3.63, 3.8) is 0 Å². The summed E-state index contributed by atoms with van der Waals surface area (Å²) in [5.74, 6) is 0.888. The van der Waals surface area contributed by atoms with Crippen LogP contribution in [0.2, 0.25) is 0 Å². The monoisotopic (exact) mass is 212 g/mol. The second kappa shape index (κ2) is 3.48. The van der Waals surface area contributed by atoms with E-state index in [1.807, 2.05) is 6.07 Å². The maximum atomic E-state index is 4.33. The van der Waals surface area contributed by atoms with E-state index in [0.717, 1.165) is 12.5 Å². The van der Waals surface area contributed by atoms with Gasteiger partial charge in [0.15, 0.2) is 5.82 Å². The molecule has 0 saturated heterocycles. The smallest absolute Gasteiger partial charge is 0.153 e. The summed E-state index contributed by atoms with van der Waals surface area (Å²) in [5.41, 5.74) is 2.42. The maximum absolute atomic E-state index is 4.33. The zero-order valence-corrected chi connectivity index (χ0v) is 9.04. The average molecular weight is 212 g/mol. The van der Waals surface area contributed by atoms with Gasteiger partial charge in [0.25, 0.3) is 0 Å². The highest BCUT2D eigenvalue weighted by Crippen LogP contribution is 2.38. The summed E-state index contributed by atoms with van der Waals surface area (Å²) in [6.45, 7) is 0.817. The van der Waals surface area contributed by atoms with Gasteiger partial charge in [-0.25, -0.2) is 4.98 Å². The highest BCUT2D eigenvalue weighted by Gasteiger charge is 2.24. The molecule has 4 heteroatoms. The van der Waals surface area contributed by atoms with Gasteiger partial charge in [-0.3, -0.25) is 4.98 Å². The first-order chi connectivity index (χ1) is 7.86. The molecule has 1 aromatic carbocycles. The fourth-order valence-electron chi connectivity index (χ4n) is 2.01. The topological polar surface area (TPSA) is 32.3 Å². The predicted molar refractivity (Wildman–Crippen MR) is 63.9 cm³/mol. The van der Waals surface area contributed by atoms with Gasteiger partial charge in [-0.2, -0.15) is 0 Å². The number of anilines is 3. The molecule has 0 amide bonds. The van der Waals surface area contributed by atoms with Crippen LogP contribution in [-0.4, -0.2) is 23.7 Å². The second-order valence-electron chi connectivity index (χ2n) is 3.82. The normalized spacial score (nSPS) is 14.1. The van der Waals surface area contributed by atoms with Crippen LogP contribution in [0.1, 0.15) is 0 Å². The Hall–Kier alpha value is -2.10. The second-order valence-corrected chi connectivity index (χ2v) is 3.82. The fraction of sp³-hybridized carbons (Fsp3) is 0.167. The van der Waals surface area contributed by atoms with Gasteiger partial charge in [0.2, 0.25) is 0 Å². The largest absolute Gasteiger partial charge is 0.355 e. The van der Waals surface area contributed by atoms with Gasteiger partial charge < -0.3 is 9.80 Å². The minimum atomic E-state index is 0.817. The van der Waals surface area contributed by atoms with E-state index in [-0.39, 0.29) is 0 Å². The van der Waals surface area contributed by atoms with Crippen LogP contribution in [0.3, 0.4) is 0 Å². The zero-order chi connectivity index (χ0) is 11.0. The molecular formula is C12H12N4. The summed E-state index contributed by atoms with van der Waals surface area (Å²) < 4.78 is 0. The molecule has 0 saturated carbocycles. The van der Waals surface area contributed by atoms with Crippen molar-refractivity contribution >= 4 is 17.2 Å². The lowest BCUT2D eigenvalue weighted by molar-refractivity contribution is 0.926. The van der Waals surface area contributed by atoms with Crippen LogP contribution in [0.4, 0.5) is 17.2 Å². The van der Waals surface area contributed by atoms with E-state index in [0.29, 0.717) is 0 Å². The Morgan fingerprint density at radius 2 is 1.94 bits per heavy atom. The molecule has 16 heavy (non-hydrogen) atoms. The number of para-hydroxylation sites is 2. The van der Waals surface area contributed by atoms with E-state index in [4.69, 9.17) is 0 Å². The van der Waals surface area contributed by atoms with Gasteiger partial charge in [0.1, 0.15) is 0 Å². The van der Waals surface area contributed by atoms with Crippen LogP contribution in [0.15, 0.2) is 42.9 Å². The van der Waals surface area contributed by atoms with Crippen molar-refractivity contribution in [2.45, 2.75) is 0 Å². The fourth-order valence-corrected chi connectivity index (χ4v) is 2.01. The summed E-state index contributed by atoms with van der Waals surface area (Å²) in [7, 11) is 2.08. The highest BCUT2D eigenvalue weighted by atomic mass is 15.4. The van der Waals surface area contributed by atoms with Crippen molar-refractivity contribution in [1.29, 1.82) is 0 Å². The summed E-state index contributed by atoms with van der Waals surface area (Å²) in [4.78, 5) is 12.8. The Labute approximate surface area is 94.2 Å². The molecule has 1 aliphatic rings. The van der Waals surface area contributed by atoms with Crippen molar-refractivity contribution in [2.75, 3.05) is 23.5 Å². The molecule has 0 aliphatic carbocycles. The molecule has 2 aromatic rings. The third-order valence-corrected chi connectivity index (χ3v) is 2.76. The molecule has 0 unspecified atom stereocenters. The van der Waals surface area contributed by atoms with Crippen molar-refractivity contribution in [1.82, 2.24) is 9.97 Å². The number of hydrogen-bond donors (Lipinski definition) is 0. The van der Waals surface area contributed by atoms with Gasteiger partial charge in [0, 0.05) is 19.4 Å². The van der Waals surface area contributed by atoms with Gasteiger partial charge in [0.05, 0.1) is 24.2 Å². The summed E-state index contributed by atoms with van der Waals surface area (Å²) in [6.07, 6.45) is 5.20. The Kier molecular flexibility index (Phi) is 1.99. The van der Waals surface area contributed by atoms with Crippen molar-refractivity contribution in [3.8, 4) is 0 Å². The molecular weight excluding hydrogens is 200 g/mol. The number of nitrogens with zero attached hydrogens (tertiary/aromatic N) is 4. The molecule has 3 rings (SSSR count). The van der Waals surface area contributed by atoms with E-state index in [1.165, 1.54) is 11.4 Å². The number of aromatic nitrogens is 2. The van der Waals surface area contributed by atoms with Gasteiger partial charge >= 0.3 is 0 Å². The van der Waals surface area contributed by atoms with Gasteiger partial charge in [-0.1, -0.05) is 12.1 Å². The minimum Gasteiger partial charge on any atom is -0.355 e. The molecule has 2 heterocycles. The van der Waals surface area contributed by atoms with Crippen molar-refractivity contribution < 1.29 is 0 Å². The summed E-state index contributed by atoms with van der Waals surface area (Å²) in [6, 6.07) is 8.32. The van der Waals surface area contributed by atoms with Crippen LogP contribution < -0.4 is 9.80 Å². The molecule has 1 aromatic heterocycles. The van der Waals surface area contributed by atoms with Crippen LogP contribution >= 0.6 is 0 Å². The lowest BCUT2D eigenvalue weighted by Crippen LogP contribution is -2.24. The third kappa shape index (κ3) is 1.31. The molecule has 0 atom stereocenters. The van der Waals surface area contributed by atoms with Gasteiger partial charge in [-0.15, -0.1) is 0 Å². The molecule has 1 aliphatic heterocycles. The lowest BCUT2D eigenvalue weighted by Gasteiger charge is -2.17. The molecule has 80 valence electrons. The minimum absolute atomic E-state index is 0.817. The first-order valence-corrected chi connectivity index (χ1v) is 5.20. The third-order valence-electron chi connectivity index (χ3n) is 2.76. The maximum Gasteiger partial charge on any atom is 0.153 e. The molecule has 0 fully saturated rings. The first kappa shape index (κ1) is 9.15. The Morgan fingerprint density at radius 3 is 2.69 bits per heavy atom. The van der Waals surface area contributed by atoms with E-state index in [9.17, 15) is 0 Å². The SMILES string of the molecule is CN1CN(c2cnccn2)c2ccccc21. The zero-order valence-electron chi connectivity index (χ0n) is 9.04. The highest BCUT2D eigenvalue weighted by molar-refractivity contribution is 5.80. The summed E-state index contributed by atoms with van der Waals surface area (Å²) in [5, 5.41) is 0. The van der Waals surface area contributed by atoms with E-state index >= 15 is 0 Å². The standard InChI is InChI=1S/C12H12N4/c1-15-9-16(12-8-13-6-7-14-12)11-5-3-2-4-10(11)15/h2-8H,9H2,1H3. The molecule has 0 spiro atoms. The first-order valence-electron chi connectivity index (χ1n) is 5.20. The van der Waals surface area contributed by atoms with E-state index in [2.05, 4.69) is 45.0 Å².